The van der Waals surface area contributed by atoms with Crippen molar-refractivity contribution in [1.29, 1.82) is 0 Å². The predicted octanol–water partition coefficient (Wildman–Crippen LogP) is 2.84. The first-order valence-corrected chi connectivity index (χ1v) is 7.02. The molecule has 0 fully saturated rings. The lowest BCUT2D eigenvalue weighted by atomic mass is 10.3. The molecule has 108 valence electrons. The molecule has 20 heavy (non-hydrogen) atoms. The number of nitrogens with zero attached hydrogens (tertiary/aromatic N) is 2. The van der Waals surface area contributed by atoms with Crippen LogP contribution in [0.4, 0.5) is 4.39 Å². The van der Waals surface area contributed by atoms with Gasteiger partial charge in [0, 0.05) is 5.69 Å². The normalized spacial score (nSPS) is 12.4. The highest BCUT2D eigenvalue weighted by Crippen LogP contribution is 2.20. The first-order valence-electron chi connectivity index (χ1n) is 6.23. The molecule has 2 aromatic rings. The fraction of sp³-hybridized carbons (Fsp3) is 0.357. The Kier molecular flexibility index (Phi) is 4.77. The summed E-state index contributed by atoms with van der Waals surface area (Å²) in [5.41, 5.74) is 1.84. The van der Waals surface area contributed by atoms with Crippen molar-refractivity contribution >= 4 is 15.9 Å². The van der Waals surface area contributed by atoms with Crippen LogP contribution in [-0.2, 0) is 6.54 Å². The third-order valence-electron chi connectivity index (χ3n) is 2.93. The molecule has 1 atom stereocenters. The largest absolute Gasteiger partial charge is 0.491 e. The molecule has 0 aliphatic rings. The fourth-order valence-corrected chi connectivity index (χ4v) is 2.11. The van der Waals surface area contributed by atoms with E-state index in [0.29, 0.717) is 12.3 Å². The van der Waals surface area contributed by atoms with E-state index in [1.165, 1.54) is 24.3 Å². The molecule has 0 bridgehead atoms. The van der Waals surface area contributed by atoms with Gasteiger partial charge in [0.2, 0.25) is 0 Å². The summed E-state index contributed by atoms with van der Waals surface area (Å²) in [6.45, 7) is 4.30. The van der Waals surface area contributed by atoms with Gasteiger partial charge in [-0.25, -0.2) is 4.39 Å². The number of aliphatic hydroxyl groups excluding tert-OH is 1. The van der Waals surface area contributed by atoms with Gasteiger partial charge in [-0.2, -0.15) is 5.10 Å². The van der Waals surface area contributed by atoms with E-state index in [0.717, 1.165) is 15.9 Å². The van der Waals surface area contributed by atoms with Crippen LogP contribution in [0.5, 0.6) is 5.75 Å². The lowest BCUT2D eigenvalue weighted by Crippen LogP contribution is -2.24. The average molecular weight is 343 g/mol. The van der Waals surface area contributed by atoms with Crippen LogP contribution in [0.2, 0.25) is 0 Å². The quantitative estimate of drug-likeness (QED) is 0.908. The van der Waals surface area contributed by atoms with Crippen molar-refractivity contribution in [3.63, 3.8) is 0 Å². The van der Waals surface area contributed by atoms with Crippen LogP contribution in [0, 0.1) is 19.7 Å². The Morgan fingerprint density at radius 1 is 1.35 bits per heavy atom. The number of aliphatic hydroxyl groups is 1. The van der Waals surface area contributed by atoms with E-state index in [4.69, 9.17) is 4.74 Å². The molecule has 0 aliphatic carbocycles. The van der Waals surface area contributed by atoms with Crippen LogP contribution in [0.25, 0.3) is 0 Å². The number of ether oxygens (including phenoxy) is 1. The maximum absolute atomic E-state index is 12.7. The maximum atomic E-state index is 12.7. The van der Waals surface area contributed by atoms with Gasteiger partial charge in [0.15, 0.2) is 0 Å². The van der Waals surface area contributed by atoms with Gasteiger partial charge in [0.1, 0.15) is 24.3 Å². The number of hydrogen-bond donors (Lipinski definition) is 1. The first-order chi connectivity index (χ1) is 9.47. The summed E-state index contributed by atoms with van der Waals surface area (Å²) in [6.07, 6.45) is -0.690. The van der Waals surface area contributed by atoms with Crippen LogP contribution in [0.15, 0.2) is 28.7 Å². The Bertz CT molecular complexity index is 584. The summed E-state index contributed by atoms with van der Waals surface area (Å²) in [6, 6.07) is 5.70. The molecular weight excluding hydrogens is 327 g/mol. The van der Waals surface area contributed by atoms with Gasteiger partial charge in [-0.05, 0) is 54.0 Å². The van der Waals surface area contributed by atoms with Crippen molar-refractivity contribution in [3.05, 3.63) is 45.9 Å². The second-order valence-electron chi connectivity index (χ2n) is 4.59. The van der Waals surface area contributed by atoms with E-state index < -0.39 is 6.10 Å². The number of benzene rings is 1. The molecule has 0 radical (unpaired) electrons. The second-order valence-corrected chi connectivity index (χ2v) is 5.38. The summed E-state index contributed by atoms with van der Waals surface area (Å²) in [5, 5.41) is 14.3. The zero-order valence-electron chi connectivity index (χ0n) is 11.3. The highest BCUT2D eigenvalue weighted by atomic mass is 79.9. The van der Waals surface area contributed by atoms with E-state index in [2.05, 4.69) is 21.0 Å². The number of hydrogen-bond acceptors (Lipinski definition) is 3. The maximum Gasteiger partial charge on any atom is 0.123 e. The van der Waals surface area contributed by atoms with Crippen LogP contribution >= 0.6 is 15.9 Å². The topological polar surface area (TPSA) is 47.3 Å². The van der Waals surface area contributed by atoms with E-state index in [9.17, 15) is 9.50 Å². The molecule has 4 nitrogen and oxygen atoms in total. The van der Waals surface area contributed by atoms with Crippen molar-refractivity contribution in [2.24, 2.45) is 0 Å². The molecule has 0 amide bonds. The number of aryl methyl sites for hydroxylation is 1. The molecule has 1 aromatic carbocycles. The van der Waals surface area contributed by atoms with Crippen molar-refractivity contribution < 1.29 is 14.2 Å². The smallest absolute Gasteiger partial charge is 0.123 e. The molecule has 1 aromatic heterocycles. The van der Waals surface area contributed by atoms with Gasteiger partial charge in [-0.1, -0.05) is 0 Å². The van der Waals surface area contributed by atoms with Crippen LogP contribution in [0.3, 0.4) is 0 Å². The molecule has 1 heterocycles. The fourth-order valence-electron chi connectivity index (χ4n) is 1.83. The van der Waals surface area contributed by atoms with E-state index >= 15 is 0 Å². The first kappa shape index (κ1) is 15.0. The highest BCUT2D eigenvalue weighted by molar-refractivity contribution is 9.10. The van der Waals surface area contributed by atoms with E-state index in [-0.39, 0.29) is 12.4 Å². The minimum Gasteiger partial charge on any atom is -0.491 e. The molecule has 1 N–H and O–H groups in total. The number of halogens is 2. The summed E-state index contributed by atoms with van der Waals surface area (Å²) in [4.78, 5) is 0. The third kappa shape index (κ3) is 3.58. The molecule has 2 rings (SSSR count). The van der Waals surface area contributed by atoms with Gasteiger partial charge in [-0.3, -0.25) is 4.68 Å². The molecule has 1 unspecified atom stereocenters. The second kappa shape index (κ2) is 6.37. The molecule has 0 saturated carbocycles. The van der Waals surface area contributed by atoms with Crippen molar-refractivity contribution in [2.75, 3.05) is 6.61 Å². The zero-order chi connectivity index (χ0) is 14.7. The number of aromatic nitrogens is 2. The van der Waals surface area contributed by atoms with Crippen molar-refractivity contribution in [1.82, 2.24) is 9.78 Å². The Morgan fingerprint density at radius 2 is 2.00 bits per heavy atom. The van der Waals surface area contributed by atoms with Gasteiger partial charge in [0.25, 0.3) is 0 Å². The van der Waals surface area contributed by atoms with Gasteiger partial charge < -0.3 is 9.84 Å². The highest BCUT2D eigenvalue weighted by Gasteiger charge is 2.13. The van der Waals surface area contributed by atoms with Gasteiger partial charge >= 0.3 is 0 Å². The van der Waals surface area contributed by atoms with E-state index in [1.807, 2.05) is 13.8 Å². The summed E-state index contributed by atoms with van der Waals surface area (Å²) < 4.78 is 20.8. The van der Waals surface area contributed by atoms with E-state index in [1.54, 1.807) is 4.68 Å². The zero-order valence-corrected chi connectivity index (χ0v) is 12.9. The Labute approximate surface area is 125 Å². The number of rotatable bonds is 5. The molecule has 6 heteroatoms. The lowest BCUT2D eigenvalue weighted by Gasteiger charge is -2.13. The van der Waals surface area contributed by atoms with Crippen LogP contribution < -0.4 is 4.74 Å². The lowest BCUT2D eigenvalue weighted by molar-refractivity contribution is 0.0886. The van der Waals surface area contributed by atoms with Gasteiger partial charge in [0.05, 0.1) is 16.7 Å². The molecule has 0 aliphatic heterocycles. The minimum atomic E-state index is -0.690. The van der Waals surface area contributed by atoms with Gasteiger partial charge in [-0.15, -0.1) is 0 Å². The Hall–Kier alpha value is -1.40. The Balaban J connectivity index is 1.90. The van der Waals surface area contributed by atoms with Crippen LogP contribution in [0.1, 0.15) is 11.4 Å². The van der Waals surface area contributed by atoms with Crippen molar-refractivity contribution in [3.8, 4) is 5.75 Å². The summed E-state index contributed by atoms with van der Waals surface area (Å²) in [7, 11) is 0. The molecule has 0 saturated heterocycles. The predicted molar refractivity (Wildman–Crippen MR) is 77.3 cm³/mol. The summed E-state index contributed by atoms with van der Waals surface area (Å²) >= 11 is 3.44. The monoisotopic (exact) mass is 342 g/mol. The van der Waals surface area contributed by atoms with Crippen molar-refractivity contribution in [2.45, 2.75) is 26.5 Å². The Morgan fingerprint density at radius 3 is 2.55 bits per heavy atom. The minimum absolute atomic E-state index is 0.127. The summed E-state index contributed by atoms with van der Waals surface area (Å²) in [5.74, 6) is 0.213. The standard InChI is InChI=1S/C14H16BrFN2O2/c1-9-14(15)10(2)18(17-9)7-12(19)8-20-13-5-3-11(16)4-6-13/h3-6,12,19H,7-8H2,1-2H3. The average Bonchev–Trinajstić information content (AvgIpc) is 2.66. The molecule has 0 spiro atoms. The third-order valence-corrected chi connectivity index (χ3v) is 4.08. The van der Waals surface area contributed by atoms with Crippen LogP contribution in [-0.4, -0.2) is 27.6 Å². The molecular formula is C14H16BrFN2O2. The SMILES string of the molecule is Cc1nn(CC(O)COc2ccc(F)cc2)c(C)c1Br.